The van der Waals surface area contributed by atoms with Gasteiger partial charge < -0.3 is 14.9 Å². The van der Waals surface area contributed by atoms with E-state index in [4.69, 9.17) is 4.74 Å². The number of hydrogen-bond donors (Lipinski definition) is 2. The van der Waals surface area contributed by atoms with Gasteiger partial charge in [-0.3, -0.25) is 0 Å². The highest BCUT2D eigenvalue weighted by Crippen LogP contribution is 2.36. The van der Waals surface area contributed by atoms with Crippen LogP contribution in [0.5, 0.6) is 11.5 Å². The smallest absolute Gasteiger partial charge is 0.334 e. The molecule has 0 aromatic heterocycles. The Morgan fingerprint density at radius 1 is 1.16 bits per heavy atom. The fourth-order valence-electron chi connectivity index (χ4n) is 2.75. The van der Waals surface area contributed by atoms with Crippen molar-refractivity contribution in [2.75, 3.05) is 0 Å². The maximum atomic E-state index is 12.0. The summed E-state index contributed by atoms with van der Waals surface area (Å²) in [5, 5.41) is 19.4. The van der Waals surface area contributed by atoms with E-state index in [1.165, 1.54) is 29.3 Å². The monoisotopic (exact) mass is 342 g/mol. The second-order valence-corrected chi connectivity index (χ2v) is 6.67. The van der Waals surface area contributed by atoms with Crippen LogP contribution in [-0.2, 0) is 9.53 Å². The lowest BCUT2D eigenvalue weighted by Gasteiger charge is -2.10. The summed E-state index contributed by atoms with van der Waals surface area (Å²) < 4.78 is 5.31. The van der Waals surface area contributed by atoms with Crippen LogP contribution in [0.1, 0.15) is 58.1 Å². The summed E-state index contributed by atoms with van der Waals surface area (Å²) >= 11 is 0. The molecular weight excluding hydrogens is 316 g/mol. The Kier molecular flexibility index (Phi) is 6.45. The van der Waals surface area contributed by atoms with Crippen molar-refractivity contribution in [1.29, 1.82) is 0 Å². The summed E-state index contributed by atoms with van der Waals surface area (Å²) in [6.45, 7) is 6.30. The molecule has 2 rings (SSSR count). The third-order valence-electron chi connectivity index (χ3n) is 4.16. The fraction of sp³-hybridized carbons (Fsp3) is 0.381. The van der Waals surface area contributed by atoms with Gasteiger partial charge in [0.15, 0.2) is 0 Å². The summed E-state index contributed by atoms with van der Waals surface area (Å²) in [7, 11) is 0. The van der Waals surface area contributed by atoms with E-state index in [1.807, 2.05) is 0 Å². The number of carbonyl (C=O) groups excluding carboxylic acids is 1. The molecule has 1 aliphatic heterocycles. The lowest BCUT2D eigenvalue weighted by Crippen LogP contribution is -2.02. The van der Waals surface area contributed by atoms with Crippen molar-refractivity contribution in [3.05, 3.63) is 58.7 Å². The van der Waals surface area contributed by atoms with Crippen molar-refractivity contribution in [1.82, 2.24) is 0 Å². The Morgan fingerprint density at radius 2 is 1.92 bits per heavy atom. The van der Waals surface area contributed by atoms with Crippen LogP contribution in [0, 0.1) is 0 Å². The van der Waals surface area contributed by atoms with Gasteiger partial charge in [0.2, 0.25) is 0 Å². The van der Waals surface area contributed by atoms with Crippen molar-refractivity contribution >= 4 is 5.97 Å². The van der Waals surface area contributed by atoms with Gasteiger partial charge in [0.05, 0.1) is 0 Å². The summed E-state index contributed by atoms with van der Waals surface area (Å²) in [6.07, 6.45) is 8.91. The molecule has 25 heavy (non-hydrogen) atoms. The van der Waals surface area contributed by atoms with E-state index in [2.05, 4.69) is 32.9 Å². The van der Waals surface area contributed by atoms with Crippen LogP contribution in [0.15, 0.2) is 53.1 Å². The minimum Gasteiger partial charge on any atom is -0.508 e. The molecule has 1 aliphatic rings. The number of hydrogen-bond acceptors (Lipinski definition) is 4. The van der Waals surface area contributed by atoms with Gasteiger partial charge >= 0.3 is 5.97 Å². The molecule has 0 saturated carbocycles. The van der Waals surface area contributed by atoms with Gasteiger partial charge in [-0.2, -0.15) is 0 Å². The molecule has 0 amide bonds. The van der Waals surface area contributed by atoms with Crippen molar-refractivity contribution in [2.45, 2.75) is 52.6 Å². The Hall–Kier alpha value is -2.49. The SMILES string of the molecule is CC(C)=CCC/C(C)=C/CCC1=C[C@@H](c2cc(O)ccc2O)OC1=O. The number of cyclic esters (lactones) is 1. The Labute approximate surface area is 149 Å². The molecule has 0 fully saturated rings. The van der Waals surface area contributed by atoms with E-state index in [9.17, 15) is 15.0 Å². The highest BCUT2D eigenvalue weighted by molar-refractivity contribution is 5.91. The van der Waals surface area contributed by atoms with Gasteiger partial charge in [-0.15, -0.1) is 0 Å². The quantitative estimate of drug-likeness (QED) is 0.411. The molecule has 134 valence electrons. The third kappa shape index (κ3) is 5.52. The van der Waals surface area contributed by atoms with Crippen molar-refractivity contribution in [3.8, 4) is 11.5 Å². The van der Waals surface area contributed by atoms with Crippen LogP contribution in [0.25, 0.3) is 0 Å². The van der Waals surface area contributed by atoms with E-state index >= 15 is 0 Å². The minimum absolute atomic E-state index is 0.00288. The molecule has 0 aliphatic carbocycles. The summed E-state index contributed by atoms with van der Waals surface area (Å²) in [4.78, 5) is 12.0. The topological polar surface area (TPSA) is 66.8 Å². The number of esters is 1. The van der Waals surface area contributed by atoms with E-state index in [1.54, 1.807) is 6.08 Å². The lowest BCUT2D eigenvalue weighted by molar-refractivity contribution is -0.140. The van der Waals surface area contributed by atoms with Crippen LogP contribution in [0.2, 0.25) is 0 Å². The number of phenols is 2. The molecule has 0 radical (unpaired) electrons. The number of ether oxygens (including phenoxy) is 1. The molecule has 1 aromatic rings. The molecule has 0 bridgehead atoms. The Bertz CT molecular complexity index is 721. The molecule has 4 heteroatoms. The number of phenolic OH excluding ortho intramolecular Hbond substituents is 2. The van der Waals surface area contributed by atoms with E-state index in [0.717, 1.165) is 19.3 Å². The highest BCUT2D eigenvalue weighted by atomic mass is 16.5. The zero-order valence-corrected chi connectivity index (χ0v) is 15.1. The normalized spacial score (nSPS) is 17.2. The molecule has 0 unspecified atom stereocenters. The first-order chi connectivity index (χ1) is 11.9. The number of allylic oxidation sites excluding steroid dienone is 4. The van der Waals surface area contributed by atoms with E-state index in [-0.39, 0.29) is 17.5 Å². The van der Waals surface area contributed by atoms with Crippen LogP contribution < -0.4 is 0 Å². The van der Waals surface area contributed by atoms with Gasteiger partial charge in [0, 0.05) is 11.1 Å². The number of benzene rings is 1. The number of aromatic hydroxyl groups is 2. The van der Waals surface area contributed by atoms with Gasteiger partial charge in [-0.1, -0.05) is 23.3 Å². The molecule has 1 aromatic carbocycles. The maximum absolute atomic E-state index is 12.0. The van der Waals surface area contributed by atoms with Crippen LogP contribution in [0.4, 0.5) is 0 Å². The molecule has 2 N–H and O–H groups in total. The van der Waals surface area contributed by atoms with Crippen molar-refractivity contribution in [3.63, 3.8) is 0 Å². The number of rotatable bonds is 7. The van der Waals surface area contributed by atoms with Gasteiger partial charge in [0.25, 0.3) is 0 Å². The molecule has 0 spiro atoms. The Balaban J connectivity index is 1.95. The summed E-state index contributed by atoms with van der Waals surface area (Å²) in [5.41, 5.74) is 3.65. The molecule has 1 heterocycles. The van der Waals surface area contributed by atoms with E-state index in [0.29, 0.717) is 17.6 Å². The van der Waals surface area contributed by atoms with Gasteiger partial charge in [0.1, 0.15) is 17.6 Å². The van der Waals surface area contributed by atoms with Crippen molar-refractivity contribution in [2.24, 2.45) is 0 Å². The van der Waals surface area contributed by atoms with Crippen LogP contribution >= 0.6 is 0 Å². The fourth-order valence-corrected chi connectivity index (χ4v) is 2.75. The zero-order chi connectivity index (χ0) is 18.4. The minimum atomic E-state index is -0.641. The zero-order valence-electron chi connectivity index (χ0n) is 15.1. The summed E-state index contributed by atoms with van der Waals surface area (Å²) in [6, 6.07) is 4.20. The first kappa shape index (κ1) is 18.8. The van der Waals surface area contributed by atoms with Gasteiger partial charge in [-0.05, 0) is 70.7 Å². The largest absolute Gasteiger partial charge is 0.508 e. The lowest BCUT2D eigenvalue weighted by atomic mass is 10.0. The standard InChI is InChI=1S/C21H26O4/c1-14(2)6-4-7-15(3)8-5-9-16-12-20(25-21(16)24)18-13-17(22)10-11-19(18)23/h6,8,10-13,20,22-23H,4-5,7,9H2,1-3H3/b15-8+/t20-/m0/s1. The third-order valence-corrected chi connectivity index (χ3v) is 4.16. The molecule has 4 nitrogen and oxygen atoms in total. The molecular formula is C21H26O4. The predicted molar refractivity (Wildman–Crippen MR) is 98.3 cm³/mol. The maximum Gasteiger partial charge on any atom is 0.334 e. The van der Waals surface area contributed by atoms with Crippen molar-refractivity contribution < 1.29 is 19.7 Å². The van der Waals surface area contributed by atoms with Crippen LogP contribution in [0.3, 0.4) is 0 Å². The second kappa shape index (κ2) is 8.56. The summed E-state index contributed by atoms with van der Waals surface area (Å²) in [5.74, 6) is -0.327. The molecule has 1 atom stereocenters. The Morgan fingerprint density at radius 3 is 2.64 bits per heavy atom. The van der Waals surface area contributed by atoms with Gasteiger partial charge in [-0.25, -0.2) is 4.79 Å². The average molecular weight is 342 g/mol. The second-order valence-electron chi connectivity index (χ2n) is 6.67. The average Bonchev–Trinajstić information content (AvgIpc) is 2.90. The highest BCUT2D eigenvalue weighted by Gasteiger charge is 2.28. The molecule has 0 saturated heterocycles. The number of carbonyl (C=O) groups is 1. The van der Waals surface area contributed by atoms with Crippen LogP contribution in [-0.4, -0.2) is 16.2 Å². The first-order valence-electron chi connectivity index (χ1n) is 8.59. The van der Waals surface area contributed by atoms with E-state index < -0.39 is 6.10 Å². The predicted octanol–water partition coefficient (Wildman–Crippen LogP) is 5.10. The first-order valence-corrected chi connectivity index (χ1v) is 8.59.